The van der Waals surface area contributed by atoms with Crippen LogP contribution in [0.25, 0.3) is 0 Å². The first-order chi connectivity index (χ1) is 4.42. The Kier molecular flexibility index (Phi) is 3.22. The van der Waals surface area contributed by atoms with Gasteiger partial charge in [0.15, 0.2) is 0 Å². The van der Waals surface area contributed by atoms with Crippen LogP contribution in [-0.4, -0.2) is 18.1 Å². The lowest BCUT2D eigenvalue weighted by Gasteiger charge is -2.29. The largest absolute Gasteiger partial charge is 0.396 e. The highest BCUT2D eigenvalue weighted by Gasteiger charge is 2.34. The van der Waals surface area contributed by atoms with Gasteiger partial charge in [-0.1, -0.05) is 20.8 Å². The maximum atomic E-state index is 12.1. The van der Waals surface area contributed by atoms with E-state index in [4.69, 9.17) is 5.11 Å². The standard InChI is InChI=1S/C7H14F2O/c1-5(4-10)7(2,3)6(8)9/h5-6,10H,4H2,1-3H3. The van der Waals surface area contributed by atoms with Gasteiger partial charge in [0.05, 0.1) is 0 Å². The van der Waals surface area contributed by atoms with Gasteiger partial charge in [-0.3, -0.25) is 0 Å². The van der Waals surface area contributed by atoms with Crippen molar-refractivity contribution >= 4 is 0 Å². The Bertz CT molecular complexity index is 102. The predicted molar refractivity (Wildman–Crippen MR) is 36.0 cm³/mol. The van der Waals surface area contributed by atoms with Crippen LogP contribution in [0, 0.1) is 11.3 Å². The number of hydrogen-bond acceptors (Lipinski definition) is 1. The van der Waals surface area contributed by atoms with Crippen molar-refractivity contribution in [2.75, 3.05) is 6.61 Å². The first-order valence-electron chi connectivity index (χ1n) is 3.32. The molecule has 0 rings (SSSR count). The quantitative estimate of drug-likeness (QED) is 0.655. The van der Waals surface area contributed by atoms with E-state index in [0.717, 1.165) is 0 Å². The van der Waals surface area contributed by atoms with E-state index in [1.54, 1.807) is 6.92 Å². The summed E-state index contributed by atoms with van der Waals surface area (Å²) in [6.45, 7) is 4.35. The second kappa shape index (κ2) is 3.28. The SMILES string of the molecule is CC(CO)C(C)(C)C(F)F. The van der Waals surface area contributed by atoms with Crippen LogP contribution in [0.4, 0.5) is 8.78 Å². The van der Waals surface area contributed by atoms with Gasteiger partial charge in [0.25, 0.3) is 0 Å². The minimum absolute atomic E-state index is 0.183. The molecule has 0 amide bonds. The van der Waals surface area contributed by atoms with E-state index in [9.17, 15) is 8.78 Å². The Morgan fingerprint density at radius 3 is 1.90 bits per heavy atom. The average Bonchev–Trinajstić information content (AvgIpc) is 1.86. The van der Waals surface area contributed by atoms with Crippen molar-refractivity contribution < 1.29 is 13.9 Å². The van der Waals surface area contributed by atoms with Gasteiger partial charge in [-0.05, 0) is 5.92 Å². The fourth-order valence-corrected chi connectivity index (χ4v) is 0.450. The smallest absolute Gasteiger partial charge is 0.243 e. The summed E-state index contributed by atoms with van der Waals surface area (Å²) >= 11 is 0. The molecule has 0 saturated carbocycles. The van der Waals surface area contributed by atoms with E-state index >= 15 is 0 Å². The predicted octanol–water partition coefficient (Wildman–Crippen LogP) is 1.91. The van der Waals surface area contributed by atoms with Crippen LogP contribution < -0.4 is 0 Å². The van der Waals surface area contributed by atoms with Crippen LogP contribution in [0.5, 0.6) is 0 Å². The fourth-order valence-electron chi connectivity index (χ4n) is 0.450. The molecule has 0 saturated heterocycles. The van der Waals surface area contributed by atoms with Gasteiger partial charge in [0, 0.05) is 12.0 Å². The van der Waals surface area contributed by atoms with Crippen molar-refractivity contribution in [2.24, 2.45) is 11.3 Å². The topological polar surface area (TPSA) is 20.2 Å². The van der Waals surface area contributed by atoms with Crippen molar-refractivity contribution in [1.29, 1.82) is 0 Å². The summed E-state index contributed by atoms with van der Waals surface area (Å²) in [5.41, 5.74) is -1.07. The molecule has 0 fully saturated rings. The molecular formula is C7H14F2O. The first kappa shape index (κ1) is 9.82. The summed E-state index contributed by atoms with van der Waals surface area (Å²) in [6, 6.07) is 0. The van der Waals surface area contributed by atoms with Crippen molar-refractivity contribution in [3.05, 3.63) is 0 Å². The Hall–Kier alpha value is -0.180. The first-order valence-corrected chi connectivity index (χ1v) is 3.32. The van der Waals surface area contributed by atoms with Gasteiger partial charge < -0.3 is 5.11 Å². The molecule has 0 aliphatic heterocycles. The van der Waals surface area contributed by atoms with E-state index < -0.39 is 11.8 Å². The molecular weight excluding hydrogens is 138 g/mol. The zero-order valence-electron chi connectivity index (χ0n) is 6.56. The zero-order valence-corrected chi connectivity index (χ0v) is 6.56. The second-order valence-corrected chi connectivity index (χ2v) is 3.21. The van der Waals surface area contributed by atoms with Gasteiger partial charge in [0.2, 0.25) is 6.43 Å². The van der Waals surface area contributed by atoms with Crippen LogP contribution >= 0.6 is 0 Å². The highest BCUT2D eigenvalue weighted by atomic mass is 19.3. The van der Waals surface area contributed by atoms with E-state index in [1.165, 1.54) is 13.8 Å². The normalized spacial score (nSPS) is 15.9. The van der Waals surface area contributed by atoms with Crippen molar-refractivity contribution in [3.8, 4) is 0 Å². The highest BCUT2D eigenvalue weighted by Crippen LogP contribution is 2.32. The molecule has 62 valence electrons. The average molecular weight is 152 g/mol. The maximum Gasteiger partial charge on any atom is 0.243 e. The fraction of sp³-hybridized carbons (Fsp3) is 1.00. The number of halogens is 2. The van der Waals surface area contributed by atoms with E-state index in [2.05, 4.69) is 0 Å². The number of alkyl halides is 2. The minimum Gasteiger partial charge on any atom is -0.396 e. The Balaban J connectivity index is 4.09. The van der Waals surface area contributed by atoms with Gasteiger partial charge in [0.1, 0.15) is 0 Å². The van der Waals surface area contributed by atoms with E-state index in [1.807, 2.05) is 0 Å². The van der Waals surface area contributed by atoms with Gasteiger partial charge in [-0.25, -0.2) is 8.78 Å². The molecule has 10 heavy (non-hydrogen) atoms. The monoisotopic (exact) mass is 152 g/mol. The van der Waals surface area contributed by atoms with Gasteiger partial charge in [-0.15, -0.1) is 0 Å². The molecule has 1 unspecified atom stereocenters. The lowest BCUT2D eigenvalue weighted by atomic mass is 9.81. The summed E-state index contributed by atoms with van der Waals surface area (Å²) < 4.78 is 24.3. The van der Waals surface area contributed by atoms with Crippen LogP contribution in [-0.2, 0) is 0 Å². The molecule has 0 aromatic rings. The molecule has 0 aliphatic carbocycles. The maximum absolute atomic E-state index is 12.1. The van der Waals surface area contributed by atoms with Crippen molar-refractivity contribution in [2.45, 2.75) is 27.2 Å². The molecule has 1 nitrogen and oxygen atoms in total. The third-order valence-corrected chi connectivity index (χ3v) is 2.11. The third kappa shape index (κ3) is 1.90. The highest BCUT2D eigenvalue weighted by molar-refractivity contribution is 4.76. The molecule has 0 aromatic carbocycles. The van der Waals surface area contributed by atoms with Gasteiger partial charge >= 0.3 is 0 Å². The summed E-state index contributed by atoms with van der Waals surface area (Å²) in [6.07, 6.45) is -2.37. The van der Waals surface area contributed by atoms with Crippen LogP contribution in [0.1, 0.15) is 20.8 Å². The van der Waals surface area contributed by atoms with Crippen molar-refractivity contribution in [1.82, 2.24) is 0 Å². The molecule has 0 heterocycles. The molecule has 1 N–H and O–H groups in total. The lowest BCUT2D eigenvalue weighted by molar-refractivity contribution is -0.0318. The Labute approximate surface area is 60.1 Å². The Morgan fingerprint density at radius 2 is 1.80 bits per heavy atom. The number of rotatable bonds is 3. The van der Waals surface area contributed by atoms with E-state index in [0.29, 0.717) is 0 Å². The zero-order chi connectivity index (χ0) is 8.36. The summed E-state index contributed by atoms with van der Waals surface area (Å²) in [4.78, 5) is 0. The molecule has 0 aromatic heterocycles. The van der Waals surface area contributed by atoms with Gasteiger partial charge in [-0.2, -0.15) is 0 Å². The van der Waals surface area contributed by atoms with E-state index in [-0.39, 0.29) is 12.5 Å². The summed E-state index contributed by atoms with van der Waals surface area (Å²) in [7, 11) is 0. The molecule has 1 atom stereocenters. The Morgan fingerprint density at radius 1 is 1.40 bits per heavy atom. The summed E-state index contributed by atoms with van der Waals surface area (Å²) in [5, 5.41) is 8.59. The molecule has 0 aliphatic rings. The molecule has 3 heteroatoms. The second-order valence-electron chi connectivity index (χ2n) is 3.21. The third-order valence-electron chi connectivity index (χ3n) is 2.11. The summed E-state index contributed by atoms with van der Waals surface area (Å²) in [5.74, 6) is -0.354. The minimum atomic E-state index is -2.37. The number of aliphatic hydroxyl groups excluding tert-OH is 1. The number of aliphatic hydroxyl groups is 1. The van der Waals surface area contributed by atoms with Crippen molar-refractivity contribution in [3.63, 3.8) is 0 Å². The molecule has 0 spiro atoms. The molecule has 0 bridgehead atoms. The van der Waals surface area contributed by atoms with Crippen LogP contribution in [0.15, 0.2) is 0 Å². The van der Waals surface area contributed by atoms with Crippen LogP contribution in [0.3, 0.4) is 0 Å². The van der Waals surface area contributed by atoms with Crippen LogP contribution in [0.2, 0.25) is 0 Å². The lowest BCUT2D eigenvalue weighted by Crippen LogP contribution is -2.31. The number of hydrogen-bond donors (Lipinski definition) is 1. The molecule has 0 radical (unpaired) electrons.